The van der Waals surface area contributed by atoms with Gasteiger partial charge in [-0.1, -0.05) is 46.7 Å². The fourth-order valence-corrected chi connectivity index (χ4v) is 12.7. The van der Waals surface area contributed by atoms with Gasteiger partial charge in [0.15, 0.2) is 34.9 Å². The summed E-state index contributed by atoms with van der Waals surface area (Å²) in [4.78, 5) is 208. The highest BCUT2D eigenvalue weighted by Gasteiger charge is 2.41. The zero-order chi connectivity index (χ0) is 70.4. The van der Waals surface area contributed by atoms with Gasteiger partial charge in [-0.25, -0.2) is 4.79 Å². The number of carboxylic acids is 1. The minimum atomic E-state index is -1.71. The monoisotopic (exact) mass is 1400 g/mol. The number of aliphatic carboxylic acids is 1. The fraction of sp³-hybridized carbons (Fsp3) is 0.593. The number of amides is 9. The summed E-state index contributed by atoms with van der Waals surface area (Å²) in [5.74, 6) is -17.0. The van der Waals surface area contributed by atoms with Gasteiger partial charge in [0.25, 0.3) is 0 Å². The van der Waals surface area contributed by atoms with Crippen LogP contribution in [-0.4, -0.2) is 195 Å². The number of likely N-dealkylation sites (tertiary alicyclic amines) is 1. The van der Waals surface area contributed by atoms with Gasteiger partial charge < -0.3 is 80.7 Å². The molecule has 2 heterocycles. The first-order valence-electron chi connectivity index (χ1n) is 31.1. The quantitative estimate of drug-likeness (QED) is 0.0117. The van der Waals surface area contributed by atoms with Crippen molar-refractivity contribution in [3.63, 3.8) is 0 Å². The van der Waals surface area contributed by atoms with Crippen molar-refractivity contribution in [2.75, 3.05) is 44.2 Å². The average Bonchev–Trinajstić information content (AvgIpc) is 1.63. The van der Waals surface area contributed by atoms with Crippen molar-refractivity contribution >= 4 is 154 Å². The molecule has 35 heteroatoms. The zero-order valence-corrected chi connectivity index (χ0v) is 56.3. The summed E-state index contributed by atoms with van der Waals surface area (Å²) >= 11 is 0. The zero-order valence-electron chi connectivity index (χ0n) is 54.7. The number of benzene rings is 1. The Bertz CT molecular complexity index is 3090. The number of ketones is 6. The normalized spacial score (nSPS) is 16.0. The van der Waals surface area contributed by atoms with Crippen LogP contribution in [0.3, 0.4) is 0 Å². The number of carbonyl (C=O) groups is 15. The maximum absolute atomic E-state index is 15.1. The number of hydrogen-bond donors (Lipinski definition) is 14. The Balaban J connectivity index is 0.0000230. The van der Waals surface area contributed by atoms with Crippen LogP contribution in [0.5, 0.6) is 0 Å². The number of rotatable bonds is 46. The van der Waals surface area contributed by atoms with E-state index >= 15 is 4.79 Å². The molecular weight excluding hydrogens is 1300 g/mol. The number of para-hydroxylation sites is 1. The van der Waals surface area contributed by atoms with E-state index in [4.69, 9.17) is 31.4 Å². The van der Waals surface area contributed by atoms with Gasteiger partial charge in [0.1, 0.15) is 13.2 Å². The van der Waals surface area contributed by atoms with E-state index < -0.39 is 188 Å². The molecule has 31 nitrogen and oxygen atoms in total. The van der Waals surface area contributed by atoms with Crippen molar-refractivity contribution in [2.45, 2.75) is 153 Å². The van der Waals surface area contributed by atoms with E-state index in [1.165, 1.54) is 0 Å². The van der Waals surface area contributed by atoms with Crippen LogP contribution in [0.25, 0.3) is 10.9 Å². The number of fused-ring (bicyclic) bond motifs is 1. The number of nitrogens with one attached hydrogen (secondary N) is 7. The van der Waals surface area contributed by atoms with Gasteiger partial charge in [-0.2, -0.15) is 27.0 Å². The van der Waals surface area contributed by atoms with Crippen molar-refractivity contribution in [2.24, 2.45) is 57.3 Å². The molecule has 524 valence electrons. The number of urea groups is 1. The summed E-state index contributed by atoms with van der Waals surface area (Å²) < 4.78 is 15.3. The molecule has 1 fully saturated rings. The van der Waals surface area contributed by atoms with Crippen LogP contribution < -0.4 is 60.6 Å². The number of nitrogens with zero attached hydrogens (tertiary/aromatic N) is 2. The Morgan fingerprint density at radius 2 is 1.37 bits per heavy atom. The Morgan fingerprint density at radius 3 is 1.95 bits per heavy atom. The van der Waals surface area contributed by atoms with E-state index in [0.29, 0.717) is 16.5 Å². The van der Waals surface area contributed by atoms with Gasteiger partial charge in [-0.15, -0.1) is 0 Å². The first-order valence-corrected chi connectivity index (χ1v) is 32.5. The van der Waals surface area contributed by atoms with E-state index in [9.17, 15) is 77.3 Å². The maximum atomic E-state index is 15.1. The number of hydrogen-bond acceptors (Lipinski definition) is 20. The highest BCUT2D eigenvalue weighted by molar-refractivity contribution is 8.76. The molecule has 19 N–H and O–H groups in total. The molecule has 0 bridgehead atoms. The van der Waals surface area contributed by atoms with Crippen LogP contribution in [0.15, 0.2) is 35.5 Å². The Kier molecular flexibility index (Phi) is 37.9. The molecule has 1 aliphatic heterocycles. The number of nitrogens with two attached hydrogens (primary N) is 5. The molecule has 1 saturated heterocycles. The number of aliphatic imine (C=N–C) groups is 1. The number of H-pyrrole nitrogens is 1. The average molecular weight is 1400 g/mol. The predicted octanol–water partition coefficient (Wildman–Crippen LogP) is -1.55. The molecule has 0 spiro atoms. The largest absolute Gasteiger partial charge is 0.481 e. The molecule has 1 unspecified atom stereocenters. The minimum Gasteiger partial charge on any atom is -0.481 e. The number of carbonyl (C=O) groups excluding carboxylic acids is 14. The molecule has 0 saturated carbocycles. The molecule has 0 radical (unpaired) electrons. The van der Waals surface area contributed by atoms with Crippen LogP contribution in [0.4, 0.5) is 4.79 Å². The SMILES string of the molecule is S.S.[1H]C(=O)N[C@H](C(=O)C[C@@H](CC(=O)O)C(=O)N1CCC[C@H]1C(=O)C[C@@H](CCCN=C(N)N)C(=O)N[C@@H](CSSC[C@H](NC(=O)CN)C(=O)CC)C(=O)C[C@@H](CCCNC(N)=O)C(=O)N[C@@H](Cc1c[nH]c2ccccc12)C(=O)C[C@@H](CCC(N)=O)C(=O)NC([2H])C(C)=O)[C@@H](C)O. The lowest BCUT2D eigenvalue weighted by atomic mass is 9.89. The second kappa shape index (κ2) is 44.1. The standard InChI is InChI=1S/C59H88N14O17S2.2H2S/c1-4-45(77)42(70-51(83)26-60)29-91-92-30-43(72-56(88)35(10-7-17-65-58(62)63)23-48(80)44-14-9-19-73(44)57(89)37(25-52(84)85)24-49(81)53(33(3)76)69-31-74)47(79)21-34(11-8-18-66-59(64)90)55(87)71-41(20-38-28-67-40-13-6-5-12-39(38)40)46(78)22-36(15-16-50(61)82)54(86)68-27-32(2)75;;/h5-6,12-13,28,31,33-37,41-44,53,67,76H,4,7-11,14-27,29-30,60H2,1-3H3,(H2,61,82)(H,68,86)(H,69,74)(H,70,83)(H,71,87)(H,72,88)(H,84,85)(H4,62,63,65)(H3,64,66,90);2*1H2/t33-,34-,35-,36-,37+,41+,42+,43+,44+,53+;;/m1../s1/i27D,31H;;/t27?,33-,34-,35-,36-,37+,41+,42+,43+,44+,53+;;. The molecule has 94 heavy (non-hydrogen) atoms. The second-order valence-electron chi connectivity index (χ2n) is 22.3. The smallest absolute Gasteiger partial charge is 0.312 e. The first-order chi connectivity index (χ1) is 44.4. The highest BCUT2D eigenvalue weighted by atomic mass is 33.1. The third kappa shape index (κ3) is 29.8. The summed E-state index contributed by atoms with van der Waals surface area (Å²) in [5, 5.41) is 35.3. The van der Waals surface area contributed by atoms with Gasteiger partial charge in [0.2, 0.25) is 41.8 Å². The van der Waals surface area contributed by atoms with Crippen LogP contribution in [-0.2, 0) is 73.5 Å². The van der Waals surface area contributed by atoms with Gasteiger partial charge >= 0.3 is 12.0 Å². The molecule has 1 aromatic heterocycles. The number of aliphatic hydroxyl groups is 1. The van der Waals surface area contributed by atoms with Crippen LogP contribution in [0.2, 0.25) is 0 Å². The number of carboxylic acid groups (broad SMARTS) is 1. The number of Topliss-reactive ketones (excluding diaryl/α,β-unsaturated/α-hetero) is 6. The van der Waals surface area contributed by atoms with E-state index in [0.717, 1.165) is 40.3 Å². The van der Waals surface area contributed by atoms with Crippen molar-refractivity contribution < 1.29 is 84.9 Å². The van der Waals surface area contributed by atoms with Crippen molar-refractivity contribution in [3.05, 3.63) is 36.0 Å². The Labute approximate surface area is 568 Å². The molecule has 11 atom stereocenters. The van der Waals surface area contributed by atoms with Gasteiger partial charge in [-0.3, -0.25) is 72.1 Å². The van der Waals surface area contributed by atoms with Gasteiger partial charge in [0.05, 0.1) is 57.0 Å². The molecule has 0 aliphatic carbocycles. The van der Waals surface area contributed by atoms with Crippen LogP contribution >= 0.6 is 48.6 Å². The van der Waals surface area contributed by atoms with Crippen molar-refractivity contribution in [1.29, 1.82) is 0 Å². The summed E-state index contributed by atoms with van der Waals surface area (Å²) in [6.45, 7) is 1.42. The lowest BCUT2D eigenvalue weighted by molar-refractivity contribution is -0.148. The molecule has 1 aromatic carbocycles. The van der Waals surface area contributed by atoms with E-state index in [1.54, 1.807) is 37.4 Å². The van der Waals surface area contributed by atoms with Gasteiger partial charge in [-0.05, 0) is 70.4 Å². The summed E-state index contributed by atoms with van der Waals surface area (Å²) in [6, 6.07) is -0.833. The van der Waals surface area contributed by atoms with E-state index in [1.807, 2.05) is 5.32 Å². The number of primary amides is 2. The topological polar surface area (TPSA) is 530 Å². The lowest BCUT2D eigenvalue weighted by Gasteiger charge is -2.29. The summed E-state index contributed by atoms with van der Waals surface area (Å²) in [6.07, 6.45) is -5.76. The molecule has 9 amide bonds. The van der Waals surface area contributed by atoms with E-state index in [2.05, 4.69) is 36.6 Å². The third-order valence-corrected chi connectivity index (χ3v) is 17.6. The molecule has 2 aromatic rings. The third-order valence-electron chi connectivity index (χ3n) is 15.1. The number of guanidine groups is 1. The van der Waals surface area contributed by atoms with Crippen molar-refractivity contribution in [1.82, 2.24) is 41.8 Å². The highest BCUT2D eigenvalue weighted by Crippen LogP contribution is 2.30. The van der Waals surface area contributed by atoms with Gasteiger partial charge in [0, 0.05) is 111 Å². The summed E-state index contributed by atoms with van der Waals surface area (Å²) in [5.41, 5.74) is 28.6. The maximum Gasteiger partial charge on any atom is 0.312 e. The number of aliphatic hydroxyl groups excluding tert-OH is 1. The van der Waals surface area contributed by atoms with Crippen LogP contribution in [0.1, 0.15) is 119 Å². The number of aromatic nitrogens is 1. The summed E-state index contributed by atoms with van der Waals surface area (Å²) in [7, 11) is 2.02. The Morgan fingerprint density at radius 1 is 0.787 bits per heavy atom. The second-order valence-corrected chi connectivity index (χ2v) is 24.8. The van der Waals surface area contributed by atoms with E-state index in [-0.39, 0.29) is 134 Å². The van der Waals surface area contributed by atoms with Crippen LogP contribution in [0, 0.1) is 23.7 Å². The lowest BCUT2D eigenvalue weighted by Crippen LogP contribution is -2.50. The molecule has 1 aliphatic rings. The predicted molar refractivity (Wildman–Crippen MR) is 361 cm³/mol. The fourth-order valence-electron chi connectivity index (χ4n) is 10.3. The minimum absolute atomic E-state index is 0. The number of aromatic amines is 1. The first kappa shape index (κ1) is 80.6. The molecule has 3 rings (SSSR count). The molecular formula is C59H92N14O17S4. The van der Waals surface area contributed by atoms with Crippen molar-refractivity contribution in [3.8, 4) is 0 Å². The Hall–Kier alpha value is -7.60.